The molecule has 130 valence electrons. The SMILES string of the molecule is CCNC(=NCCCc1cn[nH]c1C)N(C)Cc1cccc(F)c1. The lowest BCUT2D eigenvalue weighted by atomic mass is 10.1. The minimum Gasteiger partial charge on any atom is -0.357 e. The van der Waals surface area contributed by atoms with Crippen LogP contribution in [-0.4, -0.2) is 41.2 Å². The van der Waals surface area contributed by atoms with E-state index in [1.54, 1.807) is 12.1 Å². The average molecular weight is 331 g/mol. The van der Waals surface area contributed by atoms with E-state index < -0.39 is 0 Å². The van der Waals surface area contributed by atoms with Gasteiger partial charge in [-0.3, -0.25) is 10.1 Å². The minimum absolute atomic E-state index is 0.210. The molecule has 0 unspecified atom stereocenters. The van der Waals surface area contributed by atoms with E-state index in [4.69, 9.17) is 0 Å². The summed E-state index contributed by atoms with van der Waals surface area (Å²) in [5, 5.41) is 10.3. The molecule has 0 aliphatic carbocycles. The summed E-state index contributed by atoms with van der Waals surface area (Å²) >= 11 is 0. The summed E-state index contributed by atoms with van der Waals surface area (Å²) in [6.45, 7) is 6.22. The first-order valence-electron chi connectivity index (χ1n) is 8.33. The number of benzene rings is 1. The molecule has 0 aliphatic rings. The molecular formula is C18H26FN5. The number of aliphatic imine (C=N–C) groups is 1. The number of guanidine groups is 1. The third kappa shape index (κ3) is 5.37. The van der Waals surface area contributed by atoms with Crippen molar-refractivity contribution in [3.8, 4) is 0 Å². The Hall–Kier alpha value is -2.37. The quantitative estimate of drug-likeness (QED) is 0.466. The second-order valence-corrected chi connectivity index (χ2v) is 5.85. The van der Waals surface area contributed by atoms with Crippen LogP contribution in [0.25, 0.3) is 0 Å². The van der Waals surface area contributed by atoms with Crippen molar-refractivity contribution in [2.75, 3.05) is 20.1 Å². The fraction of sp³-hybridized carbons (Fsp3) is 0.444. The number of hydrogen-bond acceptors (Lipinski definition) is 2. The summed E-state index contributed by atoms with van der Waals surface area (Å²) in [5.74, 6) is 0.629. The van der Waals surface area contributed by atoms with Crippen LogP contribution in [0.1, 0.15) is 30.2 Å². The van der Waals surface area contributed by atoms with E-state index >= 15 is 0 Å². The molecule has 5 nitrogen and oxygen atoms in total. The fourth-order valence-corrected chi connectivity index (χ4v) is 2.54. The number of nitrogens with one attached hydrogen (secondary N) is 2. The van der Waals surface area contributed by atoms with Crippen LogP contribution in [-0.2, 0) is 13.0 Å². The summed E-state index contributed by atoms with van der Waals surface area (Å²) in [5.41, 5.74) is 3.29. The summed E-state index contributed by atoms with van der Waals surface area (Å²) in [7, 11) is 1.96. The number of aromatic amines is 1. The van der Waals surface area contributed by atoms with Gasteiger partial charge in [0.2, 0.25) is 0 Å². The van der Waals surface area contributed by atoms with E-state index in [2.05, 4.69) is 20.5 Å². The highest BCUT2D eigenvalue weighted by molar-refractivity contribution is 5.79. The second-order valence-electron chi connectivity index (χ2n) is 5.85. The lowest BCUT2D eigenvalue weighted by Crippen LogP contribution is -2.38. The van der Waals surface area contributed by atoms with Gasteiger partial charge in [-0.05, 0) is 49.9 Å². The molecule has 0 fully saturated rings. The largest absolute Gasteiger partial charge is 0.357 e. The van der Waals surface area contributed by atoms with Gasteiger partial charge >= 0.3 is 0 Å². The Morgan fingerprint density at radius 2 is 2.25 bits per heavy atom. The van der Waals surface area contributed by atoms with Gasteiger partial charge in [-0.25, -0.2) is 4.39 Å². The summed E-state index contributed by atoms with van der Waals surface area (Å²) in [6.07, 6.45) is 3.79. The number of halogens is 1. The Kier molecular flexibility index (Phi) is 6.78. The van der Waals surface area contributed by atoms with Gasteiger partial charge in [0.05, 0.1) is 6.20 Å². The molecule has 0 bridgehead atoms. The van der Waals surface area contributed by atoms with Crippen LogP contribution < -0.4 is 5.32 Å². The van der Waals surface area contributed by atoms with Crippen molar-refractivity contribution in [2.45, 2.75) is 33.2 Å². The zero-order valence-corrected chi connectivity index (χ0v) is 14.6. The molecular weight excluding hydrogens is 305 g/mol. The summed E-state index contributed by atoms with van der Waals surface area (Å²) in [6, 6.07) is 6.67. The van der Waals surface area contributed by atoms with E-state index in [1.165, 1.54) is 11.6 Å². The first-order chi connectivity index (χ1) is 11.6. The van der Waals surface area contributed by atoms with Gasteiger partial charge in [0, 0.05) is 32.4 Å². The van der Waals surface area contributed by atoms with E-state index in [1.807, 2.05) is 38.1 Å². The molecule has 1 heterocycles. The van der Waals surface area contributed by atoms with Crippen LogP contribution in [0, 0.1) is 12.7 Å². The lowest BCUT2D eigenvalue weighted by molar-refractivity contribution is 0.474. The minimum atomic E-state index is -0.210. The van der Waals surface area contributed by atoms with Gasteiger partial charge < -0.3 is 10.2 Å². The molecule has 0 spiro atoms. The molecule has 0 amide bonds. The van der Waals surface area contributed by atoms with Crippen LogP contribution in [0.2, 0.25) is 0 Å². The second kappa shape index (κ2) is 9.05. The van der Waals surface area contributed by atoms with Gasteiger partial charge in [-0.15, -0.1) is 0 Å². The number of aromatic nitrogens is 2. The highest BCUT2D eigenvalue weighted by Crippen LogP contribution is 2.08. The Bertz CT molecular complexity index is 665. The zero-order chi connectivity index (χ0) is 17.4. The molecule has 6 heteroatoms. The third-order valence-corrected chi connectivity index (χ3v) is 3.81. The van der Waals surface area contributed by atoms with Crippen molar-refractivity contribution in [3.63, 3.8) is 0 Å². The van der Waals surface area contributed by atoms with Crippen molar-refractivity contribution >= 4 is 5.96 Å². The highest BCUT2D eigenvalue weighted by Gasteiger charge is 2.07. The Balaban J connectivity index is 1.90. The maximum Gasteiger partial charge on any atom is 0.193 e. The zero-order valence-electron chi connectivity index (χ0n) is 14.6. The topological polar surface area (TPSA) is 56.3 Å². The van der Waals surface area contributed by atoms with Crippen molar-refractivity contribution in [3.05, 3.63) is 53.1 Å². The molecule has 1 aromatic carbocycles. The van der Waals surface area contributed by atoms with Crippen molar-refractivity contribution in [2.24, 2.45) is 4.99 Å². The van der Waals surface area contributed by atoms with Crippen LogP contribution in [0.15, 0.2) is 35.5 Å². The first kappa shape index (κ1) is 18.0. The molecule has 2 aromatic rings. The van der Waals surface area contributed by atoms with E-state index in [9.17, 15) is 4.39 Å². The summed E-state index contributed by atoms with van der Waals surface area (Å²) < 4.78 is 13.3. The van der Waals surface area contributed by atoms with E-state index in [-0.39, 0.29) is 5.82 Å². The van der Waals surface area contributed by atoms with Crippen molar-refractivity contribution < 1.29 is 4.39 Å². The highest BCUT2D eigenvalue weighted by atomic mass is 19.1. The predicted molar refractivity (Wildman–Crippen MR) is 95.5 cm³/mol. The van der Waals surface area contributed by atoms with Crippen LogP contribution in [0.3, 0.4) is 0 Å². The molecule has 0 atom stereocenters. The normalized spacial score (nSPS) is 11.6. The molecule has 2 rings (SSSR count). The molecule has 0 radical (unpaired) electrons. The maximum atomic E-state index is 13.3. The molecule has 0 saturated carbocycles. The molecule has 0 aliphatic heterocycles. The number of rotatable bonds is 7. The van der Waals surface area contributed by atoms with Gasteiger partial charge in [0.25, 0.3) is 0 Å². The van der Waals surface area contributed by atoms with E-state index in [0.717, 1.165) is 43.1 Å². The Morgan fingerprint density at radius 3 is 2.92 bits per heavy atom. The molecule has 24 heavy (non-hydrogen) atoms. The Labute approximate surface area is 143 Å². The van der Waals surface area contributed by atoms with Gasteiger partial charge in [-0.1, -0.05) is 12.1 Å². The number of H-pyrrole nitrogens is 1. The van der Waals surface area contributed by atoms with Gasteiger partial charge in [0.15, 0.2) is 5.96 Å². The number of nitrogens with zero attached hydrogens (tertiary/aromatic N) is 3. The lowest BCUT2D eigenvalue weighted by Gasteiger charge is -2.22. The fourth-order valence-electron chi connectivity index (χ4n) is 2.54. The first-order valence-corrected chi connectivity index (χ1v) is 8.33. The number of aryl methyl sites for hydroxylation is 2. The number of hydrogen-bond donors (Lipinski definition) is 2. The van der Waals surface area contributed by atoms with Crippen LogP contribution >= 0.6 is 0 Å². The average Bonchev–Trinajstić information content (AvgIpc) is 2.95. The van der Waals surface area contributed by atoms with E-state index in [0.29, 0.717) is 6.54 Å². The molecule has 2 N–H and O–H groups in total. The maximum absolute atomic E-state index is 13.3. The van der Waals surface area contributed by atoms with Crippen molar-refractivity contribution in [1.82, 2.24) is 20.4 Å². The van der Waals surface area contributed by atoms with Gasteiger partial charge in [-0.2, -0.15) is 5.10 Å². The summed E-state index contributed by atoms with van der Waals surface area (Å²) in [4.78, 5) is 6.68. The molecule has 1 aromatic heterocycles. The third-order valence-electron chi connectivity index (χ3n) is 3.81. The smallest absolute Gasteiger partial charge is 0.193 e. The Morgan fingerprint density at radius 1 is 1.42 bits per heavy atom. The van der Waals surface area contributed by atoms with Gasteiger partial charge in [0.1, 0.15) is 5.82 Å². The van der Waals surface area contributed by atoms with Crippen LogP contribution in [0.4, 0.5) is 4.39 Å². The van der Waals surface area contributed by atoms with Crippen LogP contribution in [0.5, 0.6) is 0 Å². The predicted octanol–water partition coefficient (Wildman–Crippen LogP) is 2.89. The monoisotopic (exact) mass is 331 g/mol. The van der Waals surface area contributed by atoms with Crippen molar-refractivity contribution in [1.29, 1.82) is 0 Å². The molecule has 0 saturated heterocycles. The standard InChI is InChI=1S/C18H26FN5/c1-4-20-18(21-10-6-8-16-12-22-23-14(16)2)24(3)13-15-7-5-9-17(19)11-15/h5,7,9,11-12H,4,6,8,10,13H2,1-3H3,(H,20,21)(H,22,23).